The highest BCUT2D eigenvalue weighted by Crippen LogP contribution is 2.15. The molecule has 3 nitrogen and oxygen atoms in total. The van der Waals surface area contributed by atoms with Gasteiger partial charge in [-0.2, -0.15) is 0 Å². The Bertz CT molecular complexity index is 593. The fraction of sp³-hybridized carbons (Fsp3) is 0.412. The van der Waals surface area contributed by atoms with Gasteiger partial charge in [0.1, 0.15) is 5.82 Å². The molecule has 4 heteroatoms. The highest BCUT2D eigenvalue weighted by atomic mass is 19.1. The largest absolute Gasteiger partial charge is 0.351 e. The highest BCUT2D eigenvalue weighted by molar-refractivity contribution is 5.31. The molecule has 1 unspecified atom stereocenters. The average Bonchev–Trinajstić information content (AvgIpc) is 2.40. The Morgan fingerprint density at radius 2 is 1.76 bits per heavy atom. The second-order valence-electron chi connectivity index (χ2n) is 5.79. The van der Waals surface area contributed by atoms with Crippen molar-refractivity contribution in [1.82, 2.24) is 9.97 Å². The minimum absolute atomic E-state index is 0.178. The van der Waals surface area contributed by atoms with Gasteiger partial charge < -0.3 is 5.32 Å². The molecule has 1 aromatic carbocycles. The standard InChI is InChI=1S/C17H22FN3/c1-11(2)16-10-13(4)20-17(21-16)19-12(3)9-14-5-7-15(18)8-6-14/h5-8,10-12H,9H2,1-4H3,(H,19,20,21). The van der Waals surface area contributed by atoms with Gasteiger partial charge in [-0.05, 0) is 49.9 Å². The number of nitrogens with zero attached hydrogens (tertiary/aromatic N) is 2. The molecule has 0 saturated heterocycles. The van der Waals surface area contributed by atoms with Crippen LogP contribution >= 0.6 is 0 Å². The Morgan fingerprint density at radius 1 is 1.10 bits per heavy atom. The molecule has 0 spiro atoms. The third-order valence-electron chi connectivity index (χ3n) is 3.30. The van der Waals surface area contributed by atoms with Crippen molar-refractivity contribution in [2.75, 3.05) is 5.32 Å². The van der Waals surface area contributed by atoms with Gasteiger partial charge >= 0.3 is 0 Å². The van der Waals surface area contributed by atoms with E-state index in [1.165, 1.54) is 12.1 Å². The van der Waals surface area contributed by atoms with Crippen molar-refractivity contribution in [3.8, 4) is 0 Å². The smallest absolute Gasteiger partial charge is 0.223 e. The van der Waals surface area contributed by atoms with Crippen LogP contribution in [-0.2, 0) is 6.42 Å². The Balaban J connectivity index is 2.05. The second-order valence-corrected chi connectivity index (χ2v) is 5.79. The lowest BCUT2D eigenvalue weighted by atomic mass is 10.1. The molecule has 1 aromatic heterocycles. The first-order valence-electron chi connectivity index (χ1n) is 7.30. The molecular formula is C17H22FN3. The Hall–Kier alpha value is -1.97. The van der Waals surface area contributed by atoms with Crippen molar-refractivity contribution in [2.24, 2.45) is 0 Å². The van der Waals surface area contributed by atoms with Crippen LogP contribution < -0.4 is 5.32 Å². The van der Waals surface area contributed by atoms with Gasteiger partial charge in [0.2, 0.25) is 5.95 Å². The minimum Gasteiger partial charge on any atom is -0.351 e. The van der Waals surface area contributed by atoms with Gasteiger partial charge in [-0.1, -0.05) is 26.0 Å². The van der Waals surface area contributed by atoms with Gasteiger partial charge in [0, 0.05) is 17.4 Å². The molecule has 0 aliphatic carbocycles. The van der Waals surface area contributed by atoms with Gasteiger partial charge in [0.05, 0.1) is 0 Å². The maximum absolute atomic E-state index is 12.9. The SMILES string of the molecule is Cc1cc(C(C)C)nc(NC(C)Cc2ccc(F)cc2)n1. The Labute approximate surface area is 125 Å². The van der Waals surface area contributed by atoms with E-state index in [2.05, 4.69) is 36.1 Å². The molecule has 1 atom stereocenters. The van der Waals surface area contributed by atoms with Crippen LogP contribution in [0.5, 0.6) is 0 Å². The summed E-state index contributed by atoms with van der Waals surface area (Å²) in [5.74, 6) is 0.830. The molecule has 0 aliphatic heterocycles. The summed E-state index contributed by atoms with van der Waals surface area (Å²) in [7, 11) is 0. The number of benzene rings is 1. The summed E-state index contributed by atoms with van der Waals surface area (Å²) in [4.78, 5) is 8.98. The summed E-state index contributed by atoms with van der Waals surface area (Å²) in [5.41, 5.74) is 3.09. The number of hydrogen-bond donors (Lipinski definition) is 1. The second kappa shape index (κ2) is 6.66. The number of aromatic nitrogens is 2. The van der Waals surface area contributed by atoms with Gasteiger partial charge in [-0.25, -0.2) is 14.4 Å². The van der Waals surface area contributed by atoms with E-state index >= 15 is 0 Å². The molecule has 0 fully saturated rings. The molecule has 0 amide bonds. The predicted molar refractivity (Wildman–Crippen MR) is 84.0 cm³/mol. The lowest BCUT2D eigenvalue weighted by Crippen LogP contribution is -2.20. The normalized spacial score (nSPS) is 12.5. The van der Waals surface area contributed by atoms with Crippen molar-refractivity contribution < 1.29 is 4.39 Å². The lowest BCUT2D eigenvalue weighted by Gasteiger charge is -2.16. The summed E-state index contributed by atoms with van der Waals surface area (Å²) >= 11 is 0. The van der Waals surface area contributed by atoms with E-state index in [9.17, 15) is 4.39 Å². The molecule has 2 rings (SSSR count). The molecule has 21 heavy (non-hydrogen) atoms. The number of hydrogen-bond acceptors (Lipinski definition) is 3. The Morgan fingerprint density at radius 3 is 2.38 bits per heavy atom. The third-order valence-corrected chi connectivity index (χ3v) is 3.30. The number of anilines is 1. The quantitative estimate of drug-likeness (QED) is 0.900. The van der Waals surface area contributed by atoms with Crippen LogP contribution in [0.2, 0.25) is 0 Å². The van der Waals surface area contributed by atoms with E-state index in [4.69, 9.17) is 0 Å². The van der Waals surface area contributed by atoms with Crippen LogP contribution in [0.25, 0.3) is 0 Å². The summed E-state index contributed by atoms with van der Waals surface area (Å²) in [6.45, 7) is 8.29. The van der Waals surface area contributed by atoms with Crippen molar-refractivity contribution in [2.45, 2.75) is 46.1 Å². The lowest BCUT2D eigenvalue weighted by molar-refractivity contribution is 0.626. The molecule has 0 aliphatic rings. The number of aryl methyl sites for hydroxylation is 1. The van der Waals surface area contributed by atoms with E-state index in [0.29, 0.717) is 11.9 Å². The molecule has 1 heterocycles. The fourth-order valence-electron chi connectivity index (χ4n) is 2.20. The van der Waals surface area contributed by atoms with Crippen LogP contribution in [0, 0.1) is 12.7 Å². The zero-order valence-corrected chi connectivity index (χ0v) is 13.0. The van der Waals surface area contributed by atoms with Crippen LogP contribution in [0.1, 0.15) is 43.6 Å². The van der Waals surface area contributed by atoms with Crippen molar-refractivity contribution >= 4 is 5.95 Å². The summed E-state index contributed by atoms with van der Waals surface area (Å²) in [6.07, 6.45) is 0.800. The maximum Gasteiger partial charge on any atom is 0.223 e. The number of nitrogens with one attached hydrogen (secondary N) is 1. The minimum atomic E-state index is -0.206. The zero-order chi connectivity index (χ0) is 15.4. The third kappa shape index (κ3) is 4.52. The highest BCUT2D eigenvalue weighted by Gasteiger charge is 2.09. The molecule has 1 N–H and O–H groups in total. The molecule has 0 radical (unpaired) electrons. The summed E-state index contributed by atoms with van der Waals surface area (Å²) < 4.78 is 12.9. The van der Waals surface area contributed by atoms with Crippen LogP contribution in [0.3, 0.4) is 0 Å². The first-order chi connectivity index (χ1) is 9.94. The van der Waals surface area contributed by atoms with E-state index in [1.54, 1.807) is 0 Å². The van der Waals surface area contributed by atoms with Crippen LogP contribution in [0.15, 0.2) is 30.3 Å². The van der Waals surface area contributed by atoms with Crippen molar-refractivity contribution in [3.05, 3.63) is 53.1 Å². The molecule has 0 saturated carbocycles. The predicted octanol–water partition coefficient (Wildman–Crippen LogP) is 4.09. The first-order valence-corrected chi connectivity index (χ1v) is 7.30. The van der Waals surface area contributed by atoms with Gasteiger partial charge in [0.15, 0.2) is 0 Å². The molecule has 0 bridgehead atoms. The van der Waals surface area contributed by atoms with E-state index in [-0.39, 0.29) is 11.9 Å². The summed E-state index contributed by atoms with van der Waals surface area (Å²) in [6, 6.07) is 8.79. The summed E-state index contributed by atoms with van der Waals surface area (Å²) in [5, 5.41) is 3.33. The fourth-order valence-corrected chi connectivity index (χ4v) is 2.20. The van der Waals surface area contributed by atoms with Gasteiger partial charge in [0.25, 0.3) is 0 Å². The van der Waals surface area contributed by atoms with Crippen molar-refractivity contribution in [1.29, 1.82) is 0 Å². The topological polar surface area (TPSA) is 37.8 Å². The van der Waals surface area contributed by atoms with E-state index in [0.717, 1.165) is 23.4 Å². The first kappa shape index (κ1) is 15.4. The molecule has 112 valence electrons. The average molecular weight is 287 g/mol. The zero-order valence-electron chi connectivity index (χ0n) is 13.0. The van der Waals surface area contributed by atoms with E-state index in [1.807, 2.05) is 25.1 Å². The van der Waals surface area contributed by atoms with Gasteiger partial charge in [-0.3, -0.25) is 0 Å². The Kier molecular flexibility index (Phi) is 4.89. The van der Waals surface area contributed by atoms with Crippen LogP contribution in [-0.4, -0.2) is 16.0 Å². The maximum atomic E-state index is 12.9. The van der Waals surface area contributed by atoms with Gasteiger partial charge in [-0.15, -0.1) is 0 Å². The van der Waals surface area contributed by atoms with Crippen molar-refractivity contribution in [3.63, 3.8) is 0 Å². The number of halogens is 1. The molecular weight excluding hydrogens is 265 g/mol. The van der Waals surface area contributed by atoms with Crippen LogP contribution in [0.4, 0.5) is 10.3 Å². The van der Waals surface area contributed by atoms with E-state index < -0.39 is 0 Å². The number of rotatable bonds is 5. The monoisotopic (exact) mass is 287 g/mol. The molecule has 2 aromatic rings.